The Bertz CT molecular complexity index is 1130. The maximum absolute atomic E-state index is 12.9. The van der Waals surface area contributed by atoms with Crippen molar-refractivity contribution in [3.63, 3.8) is 0 Å². The summed E-state index contributed by atoms with van der Waals surface area (Å²) in [6, 6.07) is 15.3. The van der Waals surface area contributed by atoms with Gasteiger partial charge in [0.05, 0.1) is 12.2 Å². The summed E-state index contributed by atoms with van der Waals surface area (Å²) in [5.74, 6) is 0.598. The lowest BCUT2D eigenvalue weighted by molar-refractivity contribution is 0.628. The van der Waals surface area contributed by atoms with Crippen molar-refractivity contribution in [3.05, 3.63) is 82.0 Å². The molecule has 2 N–H and O–H groups in total. The fraction of sp³-hybridized carbons (Fsp3) is 0.105. The molecule has 6 nitrogen and oxygen atoms in total. The van der Waals surface area contributed by atoms with Crippen LogP contribution in [0.1, 0.15) is 11.3 Å². The number of aryl methyl sites for hydroxylation is 1. The molecule has 26 heavy (non-hydrogen) atoms. The number of aromatic amines is 1. The molecule has 0 aliphatic rings. The van der Waals surface area contributed by atoms with Crippen LogP contribution in [-0.4, -0.2) is 19.6 Å². The number of hydrogen-bond acceptors (Lipinski definition) is 4. The van der Waals surface area contributed by atoms with Gasteiger partial charge < -0.3 is 5.32 Å². The van der Waals surface area contributed by atoms with Gasteiger partial charge in [-0.1, -0.05) is 23.8 Å². The van der Waals surface area contributed by atoms with Crippen LogP contribution in [0.5, 0.6) is 0 Å². The number of H-pyrrole nitrogens is 1. The predicted octanol–water partition coefficient (Wildman–Crippen LogP) is 3.14. The Morgan fingerprint density at radius 3 is 2.69 bits per heavy atom. The van der Waals surface area contributed by atoms with Crippen LogP contribution in [0.4, 0.5) is 10.1 Å². The zero-order valence-electron chi connectivity index (χ0n) is 14.0. The van der Waals surface area contributed by atoms with Crippen LogP contribution >= 0.6 is 0 Å². The summed E-state index contributed by atoms with van der Waals surface area (Å²) >= 11 is 0. The Morgan fingerprint density at radius 1 is 1.12 bits per heavy atom. The second kappa shape index (κ2) is 6.44. The Hall–Kier alpha value is -3.48. The first kappa shape index (κ1) is 16.0. The molecule has 0 bridgehead atoms. The molecule has 0 radical (unpaired) electrons. The minimum atomic E-state index is -0.298. The van der Waals surface area contributed by atoms with Crippen LogP contribution in [0.25, 0.3) is 17.2 Å². The Morgan fingerprint density at radius 2 is 1.92 bits per heavy atom. The van der Waals surface area contributed by atoms with E-state index in [1.165, 1.54) is 22.7 Å². The van der Waals surface area contributed by atoms with E-state index in [1.54, 1.807) is 12.1 Å². The van der Waals surface area contributed by atoms with Gasteiger partial charge in [0, 0.05) is 17.3 Å². The normalized spacial score (nSPS) is 11.0. The molecule has 0 saturated heterocycles. The molecular weight excluding hydrogens is 333 g/mol. The number of benzene rings is 2. The number of anilines is 1. The van der Waals surface area contributed by atoms with Crippen LogP contribution in [0, 0.1) is 12.7 Å². The van der Waals surface area contributed by atoms with Gasteiger partial charge in [-0.15, -0.1) is 0 Å². The van der Waals surface area contributed by atoms with Gasteiger partial charge in [0.15, 0.2) is 5.82 Å². The van der Waals surface area contributed by atoms with Crippen molar-refractivity contribution in [1.82, 2.24) is 19.6 Å². The number of nitrogens with zero attached hydrogens (tertiary/aromatic N) is 3. The molecule has 0 spiro atoms. The highest BCUT2D eigenvalue weighted by atomic mass is 19.1. The van der Waals surface area contributed by atoms with E-state index < -0.39 is 0 Å². The summed E-state index contributed by atoms with van der Waals surface area (Å²) < 4.78 is 14.3. The first-order chi connectivity index (χ1) is 12.6. The molecular formula is C19H16FN5O. The Labute approximate surface area is 148 Å². The molecule has 7 heteroatoms. The number of nitrogens with one attached hydrogen (secondary N) is 2. The average molecular weight is 349 g/mol. The number of rotatable bonds is 4. The predicted molar refractivity (Wildman–Crippen MR) is 97.5 cm³/mol. The SMILES string of the molecule is Cc1cccc(-c2nc3nc(CNc4ccc(F)cc4)cc(=O)n3[nH]2)c1. The van der Waals surface area contributed by atoms with Crippen LogP contribution in [0.3, 0.4) is 0 Å². The fourth-order valence-corrected chi connectivity index (χ4v) is 2.70. The number of halogens is 1. The van der Waals surface area contributed by atoms with Crippen molar-refractivity contribution in [3.8, 4) is 11.4 Å². The van der Waals surface area contributed by atoms with E-state index in [0.717, 1.165) is 16.8 Å². The van der Waals surface area contributed by atoms with E-state index in [-0.39, 0.29) is 11.4 Å². The lowest BCUT2D eigenvalue weighted by atomic mass is 10.1. The summed E-state index contributed by atoms with van der Waals surface area (Å²) in [7, 11) is 0. The van der Waals surface area contributed by atoms with E-state index in [2.05, 4.69) is 20.4 Å². The van der Waals surface area contributed by atoms with Crippen molar-refractivity contribution in [2.24, 2.45) is 0 Å². The van der Waals surface area contributed by atoms with Gasteiger partial charge in [-0.2, -0.15) is 9.50 Å². The second-order valence-corrected chi connectivity index (χ2v) is 6.02. The zero-order valence-corrected chi connectivity index (χ0v) is 14.0. The summed E-state index contributed by atoms with van der Waals surface area (Å²) in [4.78, 5) is 21.2. The largest absolute Gasteiger partial charge is 0.379 e. The maximum Gasteiger partial charge on any atom is 0.274 e. The molecule has 2 aromatic carbocycles. The molecule has 0 aliphatic heterocycles. The van der Waals surface area contributed by atoms with Crippen LogP contribution < -0.4 is 10.9 Å². The average Bonchev–Trinajstić information content (AvgIpc) is 3.06. The zero-order chi connectivity index (χ0) is 18.1. The van der Waals surface area contributed by atoms with E-state index in [9.17, 15) is 9.18 Å². The van der Waals surface area contributed by atoms with E-state index in [1.807, 2.05) is 31.2 Å². The highest BCUT2D eigenvalue weighted by Crippen LogP contribution is 2.16. The van der Waals surface area contributed by atoms with Crippen molar-refractivity contribution in [2.45, 2.75) is 13.5 Å². The summed E-state index contributed by atoms with van der Waals surface area (Å²) in [6.45, 7) is 2.33. The highest BCUT2D eigenvalue weighted by Gasteiger charge is 2.10. The molecule has 2 aromatic heterocycles. The maximum atomic E-state index is 12.9. The van der Waals surface area contributed by atoms with Crippen molar-refractivity contribution in [2.75, 3.05) is 5.32 Å². The van der Waals surface area contributed by atoms with E-state index in [4.69, 9.17) is 0 Å². The van der Waals surface area contributed by atoms with Gasteiger partial charge in [0.2, 0.25) is 0 Å². The molecule has 130 valence electrons. The third kappa shape index (κ3) is 3.19. The fourth-order valence-electron chi connectivity index (χ4n) is 2.70. The van der Waals surface area contributed by atoms with Crippen LogP contribution in [0.2, 0.25) is 0 Å². The first-order valence-electron chi connectivity index (χ1n) is 8.14. The van der Waals surface area contributed by atoms with Crippen molar-refractivity contribution < 1.29 is 4.39 Å². The second-order valence-electron chi connectivity index (χ2n) is 6.02. The molecule has 0 fully saturated rings. The van der Waals surface area contributed by atoms with E-state index >= 15 is 0 Å². The lowest BCUT2D eigenvalue weighted by Crippen LogP contribution is -2.17. The van der Waals surface area contributed by atoms with Gasteiger partial charge in [0.1, 0.15) is 5.82 Å². The monoisotopic (exact) mass is 349 g/mol. The highest BCUT2D eigenvalue weighted by molar-refractivity contribution is 5.57. The third-order valence-corrected chi connectivity index (χ3v) is 3.99. The van der Waals surface area contributed by atoms with Crippen LogP contribution in [0.15, 0.2) is 59.4 Å². The van der Waals surface area contributed by atoms with Gasteiger partial charge in [-0.25, -0.2) is 9.37 Å². The van der Waals surface area contributed by atoms with Crippen molar-refractivity contribution >= 4 is 11.5 Å². The molecule has 4 aromatic rings. The quantitative estimate of drug-likeness (QED) is 0.593. The molecule has 0 amide bonds. The molecule has 4 rings (SSSR count). The molecule has 0 aliphatic carbocycles. The smallest absolute Gasteiger partial charge is 0.274 e. The molecule has 2 heterocycles. The summed E-state index contributed by atoms with van der Waals surface area (Å²) in [5.41, 5.74) is 3.06. The number of aromatic nitrogens is 4. The topological polar surface area (TPSA) is 75.1 Å². The van der Waals surface area contributed by atoms with Gasteiger partial charge in [-0.05, 0) is 37.3 Å². The standard InChI is InChI=1S/C19H16FN5O/c1-12-3-2-4-13(9-12)18-23-19-22-16(10-17(26)25(19)24-18)11-21-15-7-5-14(20)6-8-15/h2-10,21H,11H2,1H3,(H,22,23,24). The number of fused-ring (bicyclic) bond motifs is 1. The summed E-state index contributed by atoms with van der Waals surface area (Å²) in [6.07, 6.45) is 0. The minimum absolute atomic E-state index is 0.239. The third-order valence-electron chi connectivity index (χ3n) is 3.99. The van der Waals surface area contributed by atoms with Gasteiger partial charge in [-0.3, -0.25) is 9.89 Å². The van der Waals surface area contributed by atoms with Crippen molar-refractivity contribution in [1.29, 1.82) is 0 Å². The molecule has 0 atom stereocenters. The Kier molecular flexibility index (Phi) is 3.96. The summed E-state index contributed by atoms with van der Waals surface area (Å²) in [5, 5.41) is 6.09. The first-order valence-corrected chi connectivity index (χ1v) is 8.14. The Balaban J connectivity index is 1.63. The van der Waals surface area contributed by atoms with E-state index in [0.29, 0.717) is 23.8 Å². The van der Waals surface area contributed by atoms with Gasteiger partial charge in [0.25, 0.3) is 11.3 Å². The van der Waals surface area contributed by atoms with Crippen LogP contribution in [-0.2, 0) is 6.54 Å². The minimum Gasteiger partial charge on any atom is -0.379 e. The van der Waals surface area contributed by atoms with Gasteiger partial charge >= 0.3 is 0 Å². The molecule has 0 saturated carbocycles. The molecule has 0 unspecified atom stereocenters. The number of hydrogen-bond donors (Lipinski definition) is 2. The lowest BCUT2D eigenvalue weighted by Gasteiger charge is -2.05.